The van der Waals surface area contributed by atoms with Gasteiger partial charge in [-0.15, -0.1) is 0 Å². The highest BCUT2D eigenvalue weighted by molar-refractivity contribution is 9.10. The minimum atomic E-state index is -0.275. The zero-order valence-electron chi connectivity index (χ0n) is 8.57. The first-order valence-electron chi connectivity index (χ1n) is 4.69. The molecular formula is C11H16BrNO. The summed E-state index contributed by atoms with van der Waals surface area (Å²) in [5.74, 6) is 0. The molecule has 0 fully saturated rings. The fourth-order valence-electron chi connectivity index (χ4n) is 1.43. The molecule has 1 aromatic rings. The summed E-state index contributed by atoms with van der Waals surface area (Å²) in [6.07, 6.45) is -0.275. The third kappa shape index (κ3) is 3.78. The van der Waals surface area contributed by atoms with Crippen LogP contribution in [0, 0.1) is 0 Å². The van der Waals surface area contributed by atoms with E-state index in [0.717, 1.165) is 11.0 Å². The Morgan fingerprint density at radius 2 is 2.07 bits per heavy atom. The summed E-state index contributed by atoms with van der Waals surface area (Å²) in [6.45, 7) is 3.35. The minimum Gasteiger partial charge on any atom is -0.392 e. The molecule has 0 heterocycles. The normalized spacial score (nSPS) is 13.2. The van der Waals surface area contributed by atoms with Crippen LogP contribution >= 0.6 is 15.9 Å². The number of benzene rings is 1. The molecular weight excluding hydrogens is 242 g/mol. The van der Waals surface area contributed by atoms with Gasteiger partial charge in [-0.1, -0.05) is 34.1 Å². The lowest BCUT2D eigenvalue weighted by atomic mass is 10.2. The fourth-order valence-corrected chi connectivity index (χ4v) is 1.84. The van der Waals surface area contributed by atoms with Crippen LogP contribution in [0.4, 0.5) is 0 Å². The van der Waals surface area contributed by atoms with E-state index in [1.54, 1.807) is 6.92 Å². The van der Waals surface area contributed by atoms with Crippen molar-refractivity contribution < 1.29 is 5.11 Å². The van der Waals surface area contributed by atoms with Gasteiger partial charge in [0.05, 0.1) is 6.10 Å². The lowest BCUT2D eigenvalue weighted by Gasteiger charge is -2.18. The van der Waals surface area contributed by atoms with Crippen LogP contribution in [0.3, 0.4) is 0 Å². The summed E-state index contributed by atoms with van der Waals surface area (Å²) in [5.41, 5.74) is 1.25. The minimum absolute atomic E-state index is 0.275. The van der Waals surface area contributed by atoms with Gasteiger partial charge in [0.25, 0.3) is 0 Å². The van der Waals surface area contributed by atoms with E-state index in [4.69, 9.17) is 0 Å². The zero-order valence-corrected chi connectivity index (χ0v) is 10.2. The predicted octanol–water partition coefficient (Wildman–Crippen LogP) is 2.26. The Bertz CT molecular complexity index is 288. The third-order valence-electron chi connectivity index (χ3n) is 1.97. The van der Waals surface area contributed by atoms with Gasteiger partial charge in [-0.05, 0) is 25.6 Å². The topological polar surface area (TPSA) is 23.5 Å². The first-order valence-corrected chi connectivity index (χ1v) is 5.49. The van der Waals surface area contributed by atoms with Crippen LogP contribution in [0.15, 0.2) is 28.7 Å². The van der Waals surface area contributed by atoms with Gasteiger partial charge in [0.2, 0.25) is 0 Å². The number of halogens is 1. The van der Waals surface area contributed by atoms with Crippen molar-refractivity contribution in [1.82, 2.24) is 4.90 Å². The molecule has 0 spiro atoms. The smallest absolute Gasteiger partial charge is 0.0639 e. The molecule has 0 aromatic heterocycles. The van der Waals surface area contributed by atoms with E-state index in [2.05, 4.69) is 26.9 Å². The van der Waals surface area contributed by atoms with Gasteiger partial charge in [-0.25, -0.2) is 0 Å². The molecule has 0 saturated heterocycles. The van der Waals surface area contributed by atoms with Crippen molar-refractivity contribution in [2.75, 3.05) is 13.6 Å². The molecule has 0 aliphatic carbocycles. The van der Waals surface area contributed by atoms with Crippen molar-refractivity contribution in [3.05, 3.63) is 34.3 Å². The van der Waals surface area contributed by atoms with E-state index in [-0.39, 0.29) is 6.10 Å². The maximum absolute atomic E-state index is 9.22. The number of nitrogens with zero attached hydrogens (tertiary/aromatic N) is 1. The summed E-state index contributed by atoms with van der Waals surface area (Å²) < 4.78 is 1.12. The van der Waals surface area contributed by atoms with E-state index >= 15 is 0 Å². The number of likely N-dealkylation sites (N-methyl/N-ethyl adjacent to an activating group) is 1. The van der Waals surface area contributed by atoms with Gasteiger partial charge in [-0.3, -0.25) is 4.90 Å². The second-order valence-electron chi connectivity index (χ2n) is 3.64. The molecule has 1 aromatic carbocycles. The standard InChI is InChI=1S/C11H16BrNO/c1-9(14)7-13(2)8-10-5-3-4-6-11(10)12/h3-6,9,14H,7-8H2,1-2H3. The summed E-state index contributed by atoms with van der Waals surface area (Å²) in [5, 5.41) is 9.22. The molecule has 14 heavy (non-hydrogen) atoms. The average molecular weight is 258 g/mol. The second-order valence-corrected chi connectivity index (χ2v) is 4.49. The lowest BCUT2D eigenvalue weighted by Crippen LogP contribution is -2.26. The number of hydrogen-bond acceptors (Lipinski definition) is 2. The van der Waals surface area contributed by atoms with E-state index in [9.17, 15) is 5.11 Å². The SMILES string of the molecule is CC(O)CN(C)Cc1ccccc1Br. The Morgan fingerprint density at radius 3 is 2.64 bits per heavy atom. The van der Waals surface area contributed by atoms with Crippen LogP contribution in [-0.4, -0.2) is 29.7 Å². The largest absolute Gasteiger partial charge is 0.392 e. The molecule has 0 amide bonds. The van der Waals surface area contributed by atoms with E-state index in [1.165, 1.54) is 5.56 Å². The number of hydrogen-bond donors (Lipinski definition) is 1. The summed E-state index contributed by atoms with van der Waals surface area (Å²) in [6, 6.07) is 8.15. The molecule has 3 heteroatoms. The maximum Gasteiger partial charge on any atom is 0.0639 e. The molecule has 1 unspecified atom stereocenters. The van der Waals surface area contributed by atoms with Gasteiger partial charge in [-0.2, -0.15) is 0 Å². The van der Waals surface area contributed by atoms with E-state index in [0.29, 0.717) is 6.54 Å². The molecule has 0 saturated carbocycles. The van der Waals surface area contributed by atoms with Crippen LogP contribution in [-0.2, 0) is 6.54 Å². The third-order valence-corrected chi connectivity index (χ3v) is 2.75. The highest BCUT2D eigenvalue weighted by atomic mass is 79.9. The maximum atomic E-state index is 9.22. The predicted molar refractivity (Wildman–Crippen MR) is 62.2 cm³/mol. The Labute approximate surface area is 93.7 Å². The first-order chi connectivity index (χ1) is 6.59. The van der Waals surface area contributed by atoms with E-state index < -0.39 is 0 Å². The lowest BCUT2D eigenvalue weighted by molar-refractivity contribution is 0.138. The van der Waals surface area contributed by atoms with Crippen molar-refractivity contribution in [1.29, 1.82) is 0 Å². The Balaban J connectivity index is 2.56. The molecule has 78 valence electrons. The number of aliphatic hydroxyl groups excluding tert-OH is 1. The van der Waals surface area contributed by atoms with Gasteiger partial charge in [0.15, 0.2) is 0 Å². The number of aliphatic hydroxyl groups is 1. The molecule has 0 aliphatic heterocycles. The Kier molecular flexibility index (Phi) is 4.58. The highest BCUT2D eigenvalue weighted by Gasteiger charge is 2.05. The van der Waals surface area contributed by atoms with Crippen molar-refractivity contribution >= 4 is 15.9 Å². The average Bonchev–Trinajstić information content (AvgIpc) is 2.07. The van der Waals surface area contributed by atoms with Gasteiger partial charge >= 0.3 is 0 Å². The van der Waals surface area contributed by atoms with Crippen LogP contribution in [0.1, 0.15) is 12.5 Å². The van der Waals surface area contributed by atoms with Crippen LogP contribution < -0.4 is 0 Å². The van der Waals surface area contributed by atoms with Crippen LogP contribution in [0.5, 0.6) is 0 Å². The molecule has 0 aliphatic rings. The second kappa shape index (κ2) is 5.49. The molecule has 1 atom stereocenters. The zero-order chi connectivity index (χ0) is 10.6. The fraction of sp³-hybridized carbons (Fsp3) is 0.455. The Morgan fingerprint density at radius 1 is 1.43 bits per heavy atom. The van der Waals surface area contributed by atoms with Crippen molar-refractivity contribution in [2.24, 2.45) is 0 Å². The van der Waals surface area contributed by atoms with Crippen molar-refractivity contribution in [2.45, 2.75) is 19.6 Å². The van der Waals surface area contributed by atoms with Crippen molar-refractivity contribution in [3.8, 4) is 0 Å². The first kappa shape index (κ1) is 11.7. The van der Waals surface area contributed by atoms with Crippen LogP contribution in [0.25, 0.3) is 0 Å². The number of rotatable bonds is 4. The molecule has 0 radical (unpaired) electrons. The molecule has 1 rings (SSSR count). The van der Waals surface area contributed by atoms with Gasteiger partial charge in [0, 0.05) is 17.6 Å². The van der Waals surface area contributed by atoms with Crippen LogP contribution in [0.2, 0.25) is 0 Å². The molecule has 0 bridgehead atoms. The molecule has 2 nitrogen and oxygen atoms in total. The monoisotopic (exact) mass is 257 g/mol. The highest BCUT2D eigenvalue weighted by Crippen LogP contribution is 2.17. The molecule has 1 N–H and O–H groups in total. The van der Waals surface area contributed by atoms with Gasteiger partial charge < -0.3 is 5.11 Å². The summed E-state index contributed by atoms with van der Waals surface area (Å²) >= 11 is 3.50. The Hall–Kier alpha value is -0.380. The summed E-state index contributed by atoms with van der Waals surface area (Å²) in [7, 11) is 2.01. The van der Waals surface area contributed by atoms with E-state index in [1.807, 2.05) is 25.2 Å². The van der Waals surface area contributed by atoms with Crippen molar-refractivity contribution in [3.63, 3.8) is 0 Å². The summed E-state index contributed by atoms with van der Waals surface area (Å²) in [4.78, 5) is 2.10. The van der Waals surface area contributed by atoms with Gasteiger partial charge in [0.1, 0.15) is 0 Å². The quantitative estimate of drug-likeness (QED) is 0.895.